The monoisotopic (exact) mass is 596 g/mol. The summed E-state index contributed by atoms with van der Waals surface area (Å²) >= 11 is 6.05. The van der Waals surface area contributed by atoms with Gasteiger partial charge in [0.15, 0.2) is 11.6 Å². The third-order valence-electron chi connectivity index (χ3n) is 6.20. The van der Waals surface area contributed by atoms with Gasteiger partial charge in [-0.25, -0.2) is 4.39 Å². The Hall–Kier alpha value is -4.19. The first kappa shape index (κ1) is 29.8. The number of halogens is 5. The van der Waals surface area contributed by atoms with Gasteiger partial charge < -0.3 is 29.5 Å². The van der Waals surface area contributed by atoms with Crippen molar-refractivity contribution in [2.45, 2.75) is 31.7 Å². The zero-order valence-corrected chi connectivity index (χ0v) is 22.4. The van der Waals surface area contributed by atoms with Crippen LogP contribution in [0.4, 0.5) is 28.9 Å². The summed E-state index contributed by atoms with van der Waals surface area (Å²) in [6, 6.07) is 12.0. The number of carbonyl (C=O) groups excluding carboxylic acids is 1. The van der Waals surface area contributed by atoms with Crippen LogP contribution >= 0.6 is 11.6 Å². The molecular formula is C28H25ClF4N2O6. The molecule has 41 heavy (non-hydrogen) atoms. The van der Waals surface area contributed by atoms with E-state index in [2.05, 4.69) is 10.1 Å². The number of rotatable bonds is 11. The van der Waals surface area contributed by atoms with Gasteiger partial charge in [-0.05, 0) is 42.2 Å². The Morgan fingerprint density at radius 1 is 1.10 bits per heavy atom. The quantitative estimate of drug-likeness (QED) is 0.196. The number of amides is 1. The lowest BCUT2D eigenvalue weighted by atomic mass is 10.0. The summed E-state index contributed by atoms with van der Waals surface area (Å²) in [5.41, 5.74) is 1.36. The van der Waals surface area contributed by atoms with Crippen LogP contribution in [0.25, 0.3) is 0 Å². The fraction of sp³-hybridized carbons (Fsp3) is 0.286. The number of ether oxygens (including phenoxy) is 3. The number of carboxylic acids is 1. The van der Waals surface area contributed by atoms with Gasteiger partial charge in [0.25, 0.3) is 5.91 Å². The van der Waals surface area contributed by atoms with Crippen LogP contribution in [0.5, 0.6) is 17.2 Å². The molecule has 0 aliphatic carbocycles. The summed E-state index contributed by atoms with van der Waals surface area (Å²) in [7, 11) is 1.44. The van der Waals surface area contributed by atoms with Crippen LogP contribution < -0.4 is 24.4 Å². The number of benzene rings is 3. The van der Waals surface area contributed by atoms with Gasteiger partial charge >= 0.3 is 12.3 Å². The Labute approximate surface area is 237 Å². The number of carbonyl (C=O) groups is 2. The number of hydrogen-bond donors (Lipinski definition) is 2. The zero-order chi connectivity index (χ0) is 29.7. The van der Waals surface area contributed by atoms with Crippen molar-refractivity contribution in [3.8, 4) is 17.2 Å². The molecule has 0 spiro atoms. The standard InChI is InChI=1S/C28H25ClF4N2O6/c1-39-20-12-19(13-21(14-20)40-10-2-3-25(36)37)34-26(16-4-6-18(29)7-5-16)27(38)35-9-8-17-11-22(30)24(15-23(17)35)41-28(31,32)33/h4-7,11-15,26,34H,2-3,8-10H2,1H3,(H,36,37). The van der Waals surface area contributed by atoms with Crippen molar-refractivity contribution in [3.63, 3.8) is 0 Å². The van der Waals surface area contributed by atoms with Crippen LogP contribution in [0.3, 0.4) is 0 Å². The van der Waals surface area contributed by atoms with Crippen molar-refractivity contribution >= 4 is 34.9 Å². The summed E-state index contributed by atoms with van der Waals surface area (Å²) in [5.74, 6) is -2.95. The van der Waals surface area contributed by atoms with Crippen molar-refractivity contribution in [2.24, 2.45) is 0 Å². The second-order valence-electron chi connectivity index (χ2n) is 9.07. The molecule has 1 unspecified atom stereocenters. The summed E-state index contributed by atoms with van der Waals surface area (Å²) in [5, 5.41) is 12.4. The van der Waals surface area contributed by atoms with Crippen LogP contribution in [0, 0.1) is 5.82 Å². The van der Waals surface area contributed by atoms with Gasteiger partial charge in [-0.3, -0.25) is 9.59 Å². The molecule has 1 atom stereocenters. The smallest absolute Gasteiger partial charge is 0.497 e. The van der Waals surface area contributed by atoms with E-state index in [0.717, 1.165) is 12.1 Å². The molecule has 1 heterocycles. The van der Waals surface area contributed by atoms with E-state index >= 15 is 0 Å². The molecule has 1 aliphatic rings. The van der Waals surface area contributed by atoms with Gasteiger partial charge in [0.2, 0.25) is 0 Å². The number of nitrogens with one attached hydrogen (secondary N) is 1. The summed E-state index contributed by atoms with van der Waals surface area (Å²) in [4.78, 5) is 26.0. The first-order valence-electron chi connectivity index (χ1n) is 12.4. The average Bonchev–Trinajstić information content (AvgIpc) is 3.31. The van der Waals surface area contributed by atoms with Crippen LogP contribution in [0.2, 0.25) is 5.02 Å². The molecule has 8 nitrogen and oxygen atoms in total. The molecule has 0 aromatic heterocycles. The van der Waals surface area contributed by atoms with Crippen molar-refractivity contribution in [1.82, 2.24) is 0 Å². The number of fused-ring (bicyclic) bond motifs is 1. The molecule has 1 aliphatic heterocycles. The maximum absolute atomic E-state index is 14.3. The minimum Gasteiger partial charge on any atom is -0.497 e. The number of carboxylic acid groups (broad SMARTS) is 1. The summed E-state index contributed by atoms with van der Waals surface area (Å²) < 4.78 is 67.7. The normalized spacial score (nSPS) is 13.4. The highest BCUT2D eigenvalue weighted by Crippen LogP contribution is 2.38. The summed E-state index contributed by atoms with van der Waals surface area (Å²) in [6.07, 6.45) is -4.68. The molecule has 0 radical (unpaired) electrons. The van der Waals surface area contributed by atoms with Crippen molar-refractivity contribution < 1.29 is 46.5 Å². The Kier molecular flexibility index (Phi) is 9.11. The minimum absolute atomic E-state index is 0.0703. The van der Waals surface area contributed by atoms with Gasteiger partial charge in [0.1, 0.15) is 17.5 Å². The number of anilines is 2. The van der Waals surface area contributed by atoms with E-state index in [4.69, 9.17) is 26.2 Å². The molecule has 3 aromatic rings. The van der Waals surface area contributed by atoms with Crippen molar-refractivity contribution in [2.75, 3.05) is 30.5 Å². The Bertz CT molecular complexity index is 1420. The first-order valence-corrected chi connectivity index (χ1v) is 12.8. The fourth-order valence-electron chi connectivity index (χ4n) is 4.35. The SMILES string of the molecule is COc1cc(NC(C(=O)N2CCc3cc(F)c(OC(F)(F)F)cc32)c2ccc(Cl)cc2)cc(OCCCC(=O)O)c1. The number of nitrogens with zero attached hydrogens (tertiary/aromatic N) is 1. The Morgan fingerprint density at radius 2 is 1.80 bits per heavy atom. The minimum atomic E-state index is -5.12. The highest BCUT2D eigenvalue weighted by Gasteiger charge is 2.36. The highest BCUT2D eigenvalue weighted by molar-refractivity contribution is 6.30. The molecule has 0 bridgehead atoms. The maximum Gasteiger partial charge on any atom is 0.573 e. The molecule has 1 amide bonds. The molecule has 4 rings (SSSR count). The third-order valence-corrected chi connectivity index (χ3v) is 6.45. The van der Waals surface area contributed by atoms with E-state index in [1.54, 1.807) is 42.5 Å². The lowest BCUT2D eigenvalue weighted by Gasteiger charge is -2.27. The van der Waals surface area contributed by atoms with E-state index in [1.165, 1.54) is 12.0 Å². The molecule has 13 heteroatoms. The van der Waals surface area contributed by atoms with Gasteiger partial charge in [0, 0.05) is 47.9 Å². The lowest BCUT2D eigenvalue weighted by Crippen LogP contribution is -2.37. The maximum atomic E-state index is 14.3. The van der Waals surface area contributed by atoms with E-state index in [-0.39, 0.29) is 38.1 Å². The van der Waals surface area contributed by atoms with Gasteiger partial charge in [-0.2, -0.15) is 0 Å². The molecule has 0 fully saturated rings. The largest absolute Gasteiger partial charge is 0.573 e. The number of methoxy groups -OCH3 is 1. The van der Waals surface area contributed by atoms with Crippen molar-refractivity contribution in [3.05, 3.63) is 76.6 Å². The van der Waals surface area contributed by atoms with Crippen LogP contribution in [-0.4, -0.2) is 43.6 Å². The average molecular weight is 597 g/mol. The molecular weight excluding hydrogens is 572 g/mol. The zero-order valence-electron chi connectivity index (χ0n) is 21.6. The molecule has 2 N–H and O–H groups in total. The Balaban J connectivity index is 1.65. The van der Waals surface area contributed by atoms with Crippen LogP contribution in [-0.2, 0) is 16.0 Å². The van der Waals surface area contributed by atoms with Crippen LogP contribution in [0.1, 0.15) is 30.0 Å². The predicted molar refractivity (Wildman–Crippen MR) is 142 cm³/mol. The number of hydrogen-bond acceptors (Lipinski definition) is 6. The van der Waals surface area contributed by atoms with Crippen LogP contribution in [0.15, 0.2) is 54.6 Å². The van der Waals surface area contributed by atoms with E-state index in [0.29, 0.717) is 33.3 Å². The topological polar surface area (TPSA) is 97.3 Å². The van der Waals surface area contributed by atoms with E-state index in [9.17, 15) is 27.2 Å². The molecule has 0 saturated carbocycles. The highest BCUT2D eigenvalue weighted by atomic mass is 35.5. The molecule has 3 aromatic carbocycles. The van der Waals surface area contributed by atoms with Crippen molar-refractivity contribution in [1.29, 1.82) is 0 Å². The van der Waals surface area contributed by atoms with Gasteiger partial charge in [-0.1, -0.05) is 23.7 Å². The van der Waals surface area contributed by atoms with E-state index < -0.39 is 35.8 Å². The Morgan fingerprint density at radius 3 is 2.46 bits per heavy atom. The second-order valence-corrected chi connectivity index (χ2v) is 9.51. The van der Waals surface area contributed by atoms with E-state index in [1.807, 2.05) is 0 Å². The summed E-state index contributed by atoms with van der Waals surface area (Å²) in [6.45, 7) is 0.229. The fourth-order valence-corrected chi connectivity index (χ4v) is 4.48. The molecule has 218 valence electrons. The van der Waals surface area contributed by atoms with Gasteiger partial charge in [0.05, 0.1) is 19.4 Å². The predicted octanol–water partition coefficient (Wildman–Crippen LogP) is 6.37. The third kappa shape index (κ3) is 7.72. The second kappa shape index (κ2) is 12.5. The lowest BCUT2D eigenvalue weighted by molar-refractivity contribution is -0.275. The first-order chi connectivity index (χ1) is 19.4. The van der Waals surface area contributed by atoms with Gasteiger partial charge in [-0.15, -0.1) is 13.2 Å². The number of alkyl halides is 3. The molecule has 0 saturated heterocycles. The number of aliphatic carboxylic acids is 1.